The summed E-state index contributed by atoms with van der Waals surface area (Å²) in [6.07, 6.45) is -7.42. The molecule has 3 heterocycles. The fourth-order valence-corrected chi connectivity index (χ4v) is 2.47. The van der Waals surface area contributed by atoms with Crippen molar-refractivity contribution in [1.82, 2.24) is 24.1 Å². The van der Waals surface area contributed by atoms with Gasteiger partial charge in [-0.05, 0) is 6.92 Å². The number of nitrogens with one attached hydrogen (secondary N) is 1. The number of aromatic amines is 1. The Balaban J connectivity index is 2.13. The summed E-state index contributed by atoms with van der Waals surface area (Å²) in [7, 11) is 0. The largest absolute Gasteiger partial charge is 0.434 e. The number of halogens is 6. The number of alkyl halides is 6. The van der Waals surface area contributed by atoms with Gasteiger partial charge < -0.3 is 4.98 Å². The third-order valence-electron chi connectivity index (χ3n) is 3.56. The van der Waals surface area contributed by atoms with Crippen molar-refractivity contribution >= 4 is 5.78 Å². The molecule has 0 radical (unpaired) electrons. The maximum absolute atomic E-state index is 13.4. The summed E-state index contributed by atoms with van der Waals surface area (Å²) >= 11 is 0. The fraction of sp³-hybridized carbons (Fsp3) is 0.357. The van der Waals surface area contributed by atoms with Crippen molar-refractivity contribution in [1.29, 1.82) is 0 Å². The number of hydrogen-bond donors (Lipinski definition) is 1. The first-order valence-corrected chi connectivity index (χ1v) is 7.24. The lowest BCUT2D eigenvalue weighted by molar-refractivity contribution is -0.140. The Morgan fingerprint density at radius 1 is 1.15 bits per heavy atom. The zero-order valence-electron chi connectivity index (χ0n) is 13.1. The summed E-state index contributed by atoms with van der Waals surface area (Å²) in [5.41, 5.74) is -3.04. The maximum atomic E-state index is 13.4. The van der Waals surface area contributed by atoms with Gasteiger partial charge in [-0.2, -0.15) is 31.4 Å². The number of aromatic nitrogens is 5. The van der Waals surface area contributed by atoms with Crippen LogP contribution in [-0.2, 0) is 12.7 Å². The van der Waals surface area contributed by atoms with Gasteiger partial charge in [-0.1, -0.05) is 0 Å². The van der Waals surface area contributed by atoms with Crippen LogP contribution in [0.1, 0.15) is 17.8 Å². The molecular weight excluding hydrogens is 368 g/mol. The second-order valence-corrected chi connectivity index (χ2v) is 5.63. The van der Waals surface area contributed by atoms with E-state index in [4.69, 9.17) is 0 Å². The van der Waals surface area contributed by atoms with Crippen molar-refractivity contribution in [3.8, 4) is 11.1 Å². The van der Waals surface area contributed by atoms with Gasteiger partial charge >= 0.3 is 12.4 Å². The standard InChI is InChI=1S/C14H11F6N5O/c1-7-5-25-11(26)9(10(14(18,19)20)23-12(25)22-7)8-4-21-24(6-8)3-2-13(15,16)17/h4-6H,2-3H2,1H3,(H,22,23). The van der Waals surface area contributed by atoms with Crippen molar-refractivity contribution in [2.45, 2.75) is 32.2 Å². The summed E-state index contributed by atoms with van der Waals surface area (Å²) < 4.78 is 78.6. The highest BCUT2D eigenvalue weighted by molar-refractivity contribution is 5.65. The Hall–Kier alpha value is -2.79. The van der Waals surface area contributed by atoms with Crippen LogP contribution in [0.2, 0.25) is 0 Å². The lowest BCUT2D eigenvalue weighted by Crippen LogP contribution is -2.23. The van der Waals surface area contributed by atoms with Crippen LogP contribution < -0.4 is 5.56 Å². The van der Waals surface area contributed by atoms with Gasteiger partial charge in [-0.3, -0.25) is 13.9 Å². The molecule has 0 saturated heterocycles. The highest BCUT2D eigenvalue weighted by Gasteiger charge is 2.38. The zero-order valence-corrected chi connectivity index (χ0v) is 13.1. The van der Waals surface area contributed by atoms with E-state index in [1.165, 1.54) is 13.1 Å². The third-order valence-corrected chi connectivity index (χ3v) is 3.56. The van der Waals surface area contributed by atoms with Crippen molar-refractivity contribution in [2.75, 3.05) is 0 Å². The molecule has 0 bridgehead atoms. The monoisotopic (exact) mass is 379 g/mol. The van der Waals surface area contributed by atoms with Gasteiger partial charge in [0.15, 0.2) is 5.69 Å². The lowest BCUT2D eigenvalue weighted by Gasteiger charge is -2.10. The van der Waals surface area contributed by atoms with E-state index in [0.717, 1.165) is 21.5 Å². The first-order chi connectivity index (χ1) is 12.0. The SMILES string of the molecule is Cc1cn2c(=O)c(-c3cnn(CCC(F)(F)F)c3)c(C(F)(F)F)nc2[nH]1. The quantitative estimate of drug-likeness (QED) is 0.711. The average Bonchev–Trinajstić information content (AvgIpc) is 3.09. The number of H-pyrrole nitrogens is 1. The molecule has 140 valence electrons. The molecule has 0 saturated carbocycles. The molecule has 3 aromatic rings. The minimum atomic E-state index is -4.93. The minimum Gasteiger partial charge on any atom is -0.328 e. The second-order valence-electron chi connectivity index (χ2n) is 5.63. The van der Waals surface area contributed by atoms with E-state index in [1.54, 1.807) is 0 Å². The van der Waals surface area contributed by atoms with Crippen molar-refractivity contribution in [3.63, 3.8) is 0 Å². The molecule has 0 aromatic carbocycles. The Morgan fingerprint density at radius 2 is 1.85 bits per heavy atom. The first-order valence-electron chi connectivity index (χ1n) is 7.24. The minimum absolute atomic E-state index is 0.259. The number of hydrogen-bond acceptors (Lipinski definition) is 3. The molecule has 0 aliphatic carbocycles. The van der Waals surface area contributed by atoms with Crippen molar-refractivity contribution < 1.29 is 26.3 Å². The van der Waals surface area contributed by atoms with Crippen molar-refractivity contribution in [3.05, 3.63) is 40.3 Å². The van der Waals surface area contributed by atoms with Crippen LogP contribution in [0.5, 0.6) is 0 Å². The highest BCUT2D eigenvalue weighted by atomic mass is 19.4. The van der Waals surface area contributed by atoms with Crippen LogP contribution in [0.25, 0.3) is 16.9 Å². The smallest absolute Gasteiger partial charge is 0.328 e. The molecule has 26 heavy (non-hydrogen) atoms. The highest BCUT2D eigenvalue weighted by Crippen LogP contribution is 2.34. The molecule has 0 amide bonds. The summed E-state index contributed by atoms with van der Waals surface area (Å²) in [5.74, 6) is -0.284. The average molecular weight is 379 g/mol. The number of nitrogens with zero attached hydrogens (tertiary/aromatic N) is 4. The molecule has 3 aromatic heterocycles. The molecule has 0 fully saturated rings. The first kappa shape index (κ1) is 18.0. The summed E-state index contributed by atoms with van der Waals surface area (Å²) in [6.45, 7) is 0.960. The molecule has 1 N–H and O–H groups in total. The van der Waals surface area contributed by atoms with Gasteiger partial charge in [0, 0.05) is 30.2 Å². The van der Waals surface area contributed by atoms with E-state index in [9.17, 15) is 31.1 Å². The topological polar surface area (TPSA) is 68.0 Å². The summed E-state index contributed by atoms with van der Waals surface area (Å²) in [5, 5.41) is 3.61. The van der Waals surface area contributed by atoms with Gasteiger partial charge in [0.25, 0.3) is 5.56 Å². The zero-order chi connectivity index (χ0) is 19.3. The predicted molar refractivity (Wildman–Crippen MR) is 77.4 cm³/mol. The van der Waals surface area contributed by atoms with Crippen LogP contribution >= 0.6 is 0 Å². The lowest BCUT2D eigenvalue weighted by atomic mass is 10.1. The van der Waals surface area contributed by atoms with E-state index in [2.05, 4.69) is 15.1 Å². The number of imidazole rings is 1. The van der Waals surface area contributed by atoms with Crippen molar-refractivity contribution in [2.24, 2.45) is 0 Å². The normalized spacial score (nSPS) is 12.9. The molecule has 0 spiro atoms. The van der Waals surface area contributed by atoms with Gasteiger partial charge in [0.05, 0.1) is 18.2 Å². The molecule has 0 atom stereocenters. The van der Waals surface area contributed by atoms with E-state index >= 15 is 0 Å². The Kier molecular flexibility index (Phi) is 4.08. The van der Waals surface area contributed by atoms with Gasteiger partial charge in [0.1, 0.15) is 0 Å². The van der Waals surface area contributed by atoms with Crippen LogP contribution in [-0.4, -0.2) is 30.3 Å². The Morgan fingerprint density at radius 3 is 2.46 bits per heavy atom. The number of fused-ring (bicyclic) bond motifs is 1. The van der Waals surface area contributed by atoms with Crippen LogP contribution in [0.15, 0.2) is 23.4 Å². The fourth-order valence-electron chi connectivity index (χ4n) is 2.47. The molecular formula is C14H11F6N5O. The molecule has 3 rings (SSSR count). The third kappa shape index (κ3) is 3.44. The number of aryl methyl sites for hydroxylation is 2. The van der Waals surface area contributed by atoms with Gasteiger partial charge in [-0.15, -0.1) is 0 Å². The summed E-state index contributed by atoms with van der Waals surface area (Å²) in [4.78, 5) is 18.5. The van der Waals surface area contributed by atoms with E-state index in [-0.39, 0.29) is 11.3 Å². The van der Waals surface area contributed by atoms with E-state index in [1.807, 2.05) is 0 Å². The van der Waals surface area contributed by atoms with Crippen LogP contribution in [0.3, 0.4) is 0 Å². The molecule has 6 nitrogen and oxygen atoms in total. The summed E-state index contributed by atoms with van der Waals surface area (Å²) in [6, 6.07) is 0. The molecule has 0 aliphatic heterocycles. The van der Waals surface area contributed by atoms with Gasteiger partial charge in [0.2, 0.25) is 5.78 Å². The molecule has 0 aliphatic rings. The second kappa shape index (κ2) is 5.88. The van der Waals surface area contributed by atoms with E-state index in [0.29, 0.717) is 5.69 Å². The van der Waals surface area contributed by atoms with Crippen LogP contribution in [0.4, 0.5) is 26.3 Å². The van der Waals surface area contributed by atoms with Gasteiger partial charge in [-0.25, -0.2) is 4.98 Å². The maximum Gasteiger partial charge on any atom is 0.434 e. The predicted octanol–water partition coefficient (Wildman–Crippen LogP) is 3.17. The van der Waals surface area contributed by atoms with E-state index < -0.39 is 42.1 Å². The molecule has 0 unspecified atom stereocenters. The Bertz CT molecular complexity index is 1010. The Labute approximate surface area is 141 Å². The molecule has 12 heteroatoms. The number of rotatable bonds is 3. The van der Waals surface area contributed by atoms with Crippen LogP contribution in [0, 0.1) is 6.92 Å².